The smallest absolute Gasteiger partial charge is 0.272 e. The van der Waals surface area contributed by atoms with Gasteiger partial charge in [0.1, 0.15) is 11.5 Å². The average molecular weight is 365 g/mol. The summed E-state index contributed by atoms with van der Waals surface area (Å²) in [4.78, 5) is 19.5. The van der Waals surface area contributed by atoms with Crippen LogP contribution < -0.4 is 0 Å². The number of nitrogens with zero attached hydrogens (tertiary/aromatic N) is 3. The summed E-state index contributed by atoms with van der Waals surface area (Å²) in [5.74, 6) is 0.808. The highest BCUT2D eigenvalue weighted by Crippen LogP contribution is 2.26. The van der Waals surface area contributed by atoms with Crippen LogP contribution in [0.3, 0.4) is 0 Å². The number of rotatable bonds is 4. The number of hydrogen-bond acceptors (Lipinski definition) is 4. The minimum absolute atomic E-state index is 0.0150. The average Bonchev–Trinajstić information content (AvgIpc) is 3.38. The van der Waals surface area contributed by atoms with Gasteiger partial charge in [-0.25, -0.2) is 4.98 Å². The highest BCUT2D eigenvalue weighted by molar-refractivity contribution is 7.98. The summed E-state index contributed by atoms with van der Waals surface area (Å²) in [7, 11) is 0. The summed E-state index contributed by atoms with van der Waals surface area (Å²) in [6.07, 6.45) is 8.26. The Bertz CT molecular complexity index is 929. The number of carbonyl (C=O) groups is 1. The van der Waals surface area contributed by atoms with Gasteiger partial charge in [-0.05, 0) is 36.9 Å². The fraction of sp³-hybridized carbons (Fsp3) is 0.200. The van der Waals surface area contributed by atoms with E-state index in [2.05, 4.69) is 11.1 Å². The molecule has 0 spiro atoms. The van der Waals surface area contributed by atoms with Crippen LogP contribution in [-0.4, -0.2) is 39.7 Å². The van der Waals surface area contributed by atoms with E-state index in [1.807, 2.05) is 58.2 Å². The van der Waals surface area contributed by atoms with Crippen molar-refractivity contribution in [3.63, 3.8) is 0 Å². The number of amides is 1. The molecule has 1 aromatic carbocycles. The summed E-state index contributed by atoms with van der Waals surface area (Å²) >= 11 is 1.53. The number of benzene rings is 1. The van der Waals surface area contributed by atoms with Crippen molar-refractivity contribution in [2.75, 3.05) is 19.3 Å². The molecule has 1 amide bonds. The minimum atomic E-state index is -0.0150. The molecule has 0 fully saturated rings. The number of hydrogen-bond donors (Lipinski definition) is 0. The third kappa shape index (κ3) is 3.08. The molecule has 4 rings (SSSR count). The zero-order chi connectivity index (χ0) is 17.9. The summed E-state index contributed by atoms with van der Waals surface area (Å²) < 4.78 is 7.42. The van der Waals surface area contributed by atoms with E-state index in [0.29, 0.717) is 18.8 Å². The standard InChI is InChI=1S/C20H19N3O2S/c1-26-20-21-13-17(23(20)16-8-3-2-4-9-16)19(24)22-11-5-7-15(14-22)18-10-6-12-25-18/h2-4,6-10,12-13H,5,11,14H2,1H3. The highest BCUT2D eigenvalue weighted by Gasteiger charge is 2.25. The molecule has 0 saturated carbocycles. The molecular formula is C20H19N3O2S. The Labute approximate surface area is 156 Å². The normalized spacial score (nSPS) is 14.3. The van der Waals surface area contributed by atoms with Crippen LogP contribution in [0.1, 0.15) is 22.7 Å². The van der Waals surface area contributed by atoms with Crippen LogP contribution in [0.4, 0.5) is 0 Å². The maximum atomic E-state index is 13.2. The minimum Gasteiger partial charge on any atom is -0.465 e. The van der Waals surface area contributed by atoms with Gasteiger partial charge in [0.05, 0.1) is 12.5 Å². The van der Waals surface area contributed by atoms with Gasteiger partial charge in [0, 0.05) is 24.4 Å². The Balaban J connectivity index is 1.65. The molecule has 0 atom stereocenters. The molecule has 0 N–H and O–H groups in total. The van der Waals surface area contributed by atoms with E-state index in [-0.39, 0.29) is 5.91 Å². The van der Waals surface area contributed by atoms with Crippen LogP contribution in [0.25, 0.3) is 11.3 Å². The largest absolute Gasteiger partial charge is 0.465 e. The second-order valence-electron chi connectivity index (χ2n) is 6.02. The van der Waals surface area contributed by atoms with Crippen molar-refractivity contribution in [3.8, 4) is 5.69 Å². The molecule has 0 unspecified atom stereocenters. The molecule has 3 aromatic rings. The number of thioether (sulfide) groups is 1. The molecule has 0 aliphatic carbocycles. The molecule has 5 nitrogen and oxygen atoms in total. The molecule has 0 bridgehead atoms. The first-order valence-corrected chi connectivity index (χ1v) is 9.69. The lowest BCUT2D eigenvalue weighted by molar-refractivity contribution is 0.0765. The maximum Gasteiger partial charge on any atom is 0.272 e. The molecule has 1 aliphatic rings. The van der Waals surface area contributed by atoms with Gasteiger partial charge in [-0.15, -0.1) is 0 Å². The summed E-state index contributed by atoms with van der Waals surface area (Å²) in [6, 6.07) is 13.7. The maximum absolute atomic E-state index is 13.2. The van der Waals surface area contributed by atoms with E-state index in [0.717, 1.165) is 28.6 Å². The summed E-state index contributed by atoms with van der Waals surface area (Å²) in [5.41, 5.74) is 2.57. The Morgan fingerprint density at radius 3 is 2.77 bits per heavy atom. The van der Waals surface area contributed by atoms with Crippen molar-refractivity contribution in [1.29, 1.82) is 0 Å². The molecule has 2 aromatic heterocycles. The molecule has 132 valence electrons. The van der Waals surface area contributed by atoms with Crippen molar-refractivity contribution >= 4 is 23.2 Å². The monoisotopic (exact) mass is 365 g/mol. The van der Waals surface area contributed by atoms with E-state index in [4.69, 9.17) is 4.42 Å². The number of aromatic nitrogens is 2. The van der Waals surface area contributed by atoms with Crippen LogP contribution in [0.5, 0.6) is 0 Å². The first-order chi connectivity index (χ1) is 12.8. The van der Waals surface area contributed by atoms with Gasteiger partial charge >= 0.3 is 0 Å². The van der Waals surface area contributed by atoms with E-state index in [9.17, 15) is 4.79 Å². The highest BCUT2D eigenvalue weighted by atomic mass is 32.2. The van der Waals surface area contributed by atoms with Gasteiger partial charge < -0.3 is 9.32 Å². The Morgan fingerprint density at radius 1 is 1.19 bits per heavy atom. The topological polar surface area (TPSA) is 51.3 Å². The number of para-hydroxylation sites is 1. The van der Waals surface area contributed by atoms with Gasteiger partial charge in [-0.3, -0.25) is 9.36 Å². The Morgan fingerprint density at radius 2 is 2.04 bits per heavy atom. The van der Waals surface area contributed by atoms with Crippen molar-refractivity contribution in [3.05, 3.63) is 72.5 Å². The lowest BCUT2D eigenvalue weighted by Gasteiger charge is -2.27. The van der Waals surface area contributed by atoms with E-state index < -0.39 is 0 Å². The van der Waals surface area contributed by atoms with Gasteiger partial charge in [0.2, 0.25) is 0 Å². The Kier molecular flexibility index (Phi) is 4.67. The van der Waals surface area contributed by atoms with Crippen LogP contribution in [0.2, 0.25) is 0 Å². The SMILES string of the molecule is CSc1ncc(C(=O)N2CCC=C(c3ccco3)C2)n1-c1ccccc1. The second-order valence-corrected chi connectivity index (χ2v) is 6.80. The zero-order valence-electron chi connectivity index (χ0n) is 14.5. The predicted octanol–water partition coefficient (Wildman–Crippen LogP) is 4.12. The third-order valence-corrected chi connectivity index (χ3v) is 5.07. The van der Waals surface area contributed by atoms with Crippen molar-refractivity contribution < 1.29 is 9.21 Å². The molecular weight excluding hydrogens is 346 g/mol. The first-order valence-electron chi connectivity index (χ1n) is 8.47. The van der Waals surface area contributed by atoms with Crippen LogP contribution in [-0.2, 0) is 0 Å². The fourth-order valence-electron chi connectivity index (χ4n) is 3.18. The lowest BCUT2D eigenvalue weighted by atomic mass is 10.1. The van der Waals surface area contributed by atoms with Crippen LogP contribution >= 0.6 is 11.8 Å². The van der Waals surface area contributed by atoms with Crippen LogP contribution in [0.15, 0.2) is 70.6 Å². The van der Waals surface area contributed by atoms with Crippen molar-refractivity contribution in [2.24, 2.45) is 0 Å². The molecule has 26 heavy (non-hydrogen) atoms. The van der Waals surface area contributed by atoms with E-state index >= 15 is 0 Å². The molecule has 0 saturated heterocycles. The van der Waals surface area contributed by atoms with Crippen molar-refractivity contribution in [1.82, 2.24) is 14.5 Å². The number of furan rings is 1. The summed E-state index contributed by atoms with van der Waals surface area (Å²) in [6.45, 7) is 1.23. The Hall–Kier alpha value is -2.73. The van der Waals surface area contributed by atoms with Crippen LogP contribution in [0, 0.1) is 0 Å². The molecule has 6 heteroatoms. The number of carbonyl (C=O) groups excluding carboxylic acids is 1. The quantitative estimate of drug-likeness (QED) is 0.653. The zero-order valence-corrected chi connectivity index (χ0v) is 15.3. The van der Waals surface area contributed by atoms with Crippen molar-refractivity contribution in [2.45, 2.75) is 11.6 Å². The summed E-state index contributed by atoms with van der Waals surface area (Å²) in [5, 5.41) is 0.804. The number of imidazole rings is 1. The lowest BCUT2D eigenvalue weighted by Crippen LogP contribution is -2.36. The van der Waals surface area contributed by atoms with E-state index in [1.54, 1.807) is 12.5 Å². The van der Waals surface area contributed by atoms with Gasteiger partial charge in [-0.1, -0.05) is 36.0 Å². The van der Waals surface area contributed by atoms with Gasteiger partial charge in [0.15, 0.2) is 5.16 Å². The van der Waals surface area contributed by atoms with E-state index in [1.165, 1.54) is 11.8 Å². The predicted molar refractivity (Wildman–Crippen MR) is 103 cm³/mol. The fourth-order valence-corrected chi connectivity index (χ4v) is 3.72. The second kappa shape index (κ2) is 7.25. The van der Waals surface area contributed by atoms with Gasteiger partial charge in [-0.2, -0.15) is 0 Å². The molecule has 3 heterocycles. The first kappa shape index (κ1) is 16.7. The van der Waals surface area contributed by atoms with Gasteiger partial charge in [0.25, 0.3) is 5.91 Å². The third-order valence-electron chi connectivity index (χ3n) is 4.42. The molecule has 0 radical (unpaired) electrons. The molecule has 1 aliphatic heterocycles.